The van der Waals surface area contributed by atoms with Gasteiger partial charge in [-0.2, -0.15) is 0 Å². The van der Waals surface area contributed by atoms with Crippen LogP contribution in [-0.2, 0) is 0 Å². The average Bonchev–Trinajstić information content (AvgIpc) is 2.64. The van der Waals surface area contributed by atoms with Crippen LogP contribution in [0.1, 0.15) is 27.6 Å². The minimum absolute atomic E-state index is 0.114. The Kier molecular flexibility index (Phi) is 3.78. The molecule has 0 saturated carbocycles. The lowest BCUT2D eigenvalue weighted by atomic mass is 10.1. The molecule has 0 aliphatic carbocycles. The van der Waals surface area contributed by atoms with E-state index in [9.17, 15) is 14.7 Å². The molecule has 0 radical (unpaired) electrons. The number of aliphatic hydroxyl groups is 2. The van der Waals surface area contributed by atoms with Crippen LogP contribution in [-0.4, -0.2) is 46.2 Å². The van der Waals surface area contributed by atoms with Crippen LogP contribution in [0.5, 0.6) is 0 Å². The highest BCUT2D eigenvalue weighted by Crippen LogP contribution is 2.23. The summed E-state index contributed by atoms with van der Waals surface area (Å²) in [5.74, 6) is -0.654. The van der Waals surface area contributed by atoms with E-state index in [1.165, 1.54) is 6.08 Å². The van der Waals surface area contributed by atoms with Crippen molar-refractivity contribution < 1.29 is 19.8 Å². The number of carbonyl (C=O) groups excluding carboxylic acids is 2. The summed E-state index contributed by atoms with van der Waals surface area (Å²) in [7, 11) is 0. The lowest BCUT2D eigenvalue weighted by Gasteiger charge is -2.14. The molecule has 1 heterocycles. The zero-order valence-corrected chi connectivity index (χ0v) is 10.5. The Hall–Kier alpha value is -1.98. The fourth-order valence-corrected chi connectivity index (χ4v) is 2.07. The molecule has 2 rings (SSSR count). The molecule has 0 fully saturated rings. The molecule has 1 aromatic carbocycles. The average molecular weight is 261 g/mol. The fraction of sp³-hybridized carbons (Fsp3) is 0.286. The van der Waals surface area contributed by atoms with Crippen molar-refractivity contribution in [2.24, 2.45) is 0 Å². The number of imide groups is 1. The van der Waals surface area contributed by atoms with Crippen molar-refractivity contribution >= 4 is 11.8 Å². The van der Waals surface area contributed by atoms with Gasteiger partial charge in [0.15, 0.2) is 0 Å². The summed E-state index contributed by atoms with van der Waals surface area (Å²) < 4.78 is 0. The molecule has 100 valence electrons. The number of rotatable bonds is 4. The molecule has 1 aliphatic rings. The molecule has 0 bridgehead atoms. The van der Waals surface area contributed by atoms with Crippen LogP contribution in [0.25, 0.3) is 0 Å². The third-order valence-corrected chi connectivity index (χ3v) is 2.95. The number of fused-ring (bicyclic) bond motifs is 1. The summed E-state index contributed by atoms with van der Waals surface area (Å²) in [6, 6.07) is 6.67. The fourth-order valence-electron chi connectivity index (χ4n) is 2.07. The molecule has 5 nitrogen and oxygen atoms in total. The van der Waals surface area contributed by atoms with E-state index in [4.69, 9.17) is 5.11 Å². The monoisotopic (exact) mass is 261 g/mol. The topological polar surface area (TPSA) is 77.8 Å². The van der Waals surface area contributed by atoms with Crippen LogP contribution >= 0.6 is 0 Å². The van der Waals surface area contributed by atoms with E-state index in [-0.39, 0.29) is 25.0 Å². The van der Waals surface area contributed by atoms with Crippen LogP contribution in [0, 0.1) is 0 Å². The third-order valence-electron chi connectivity index (χ3n) is 2.95. The smallest absolute Gasteiger partial charge is 0.261 e. The Morgan fingerprint density at radius 2 is 1.79 bits per heavy atom. The van der Waals surface area contributed by atoms with Crippen LogP contribution < -0.4 is 0 Å². The van der Waals surface area contributed by atoms with E-state index in [0.717, 1.165) is 4.90 Å². The van der Waals surface area contributed by atoms with Gasteiger partial charge in [-0.3, -0.25) is 14.5 Å². The molecule has 0 aromatic heterocycles. The van der Waals surface area contributed by atoms with Crippen molar-refractivity contribution in [3.05, 3.63) is 47.0 Å². The Morgan fingerprint density at radius 1 is 1.26 bits per heavy atom. The first-order chi connectivity index (χ1) is 9.04. The van der Waals surface area contributed by atoms with E-state index in [2.05, 4.69) is 0 Å². The second-order valence-electron chi connectivity index (χ2n) is 4.50. The number of hydrogen-bond acceptors (Lipinski definition) is 4. The van der Waals surface area contributed by atoms with Crippen molar-refractivity contribution in [2.45, 2.75) is 13.0 Å². The van der Waals surface area contributed by atoms with Crippen LogP contribution in [0.4, 0.5) is 0 Å². The summed E-state index contributed by atoms with van der Waals surface area (Å²) in [6.07, 6.45) is 0.457. The molecule has 2 amide bonds. The number of carbonyl (C=O) groups is 2. The largest absolute Gasteiger partial charge is 0.393 e. The summed E-state index contributed by atoms with van der Waals surface area (Å²) >= 11 is 0. The first-order valence-electron chi connectivity index (χ1n) is 5.96. The van der Waals surface area contributed by atoms with Crippen molar-refractivity contribution in [1.29, 1.82) is 0 Å². The summed E-state index contributed by atoms with van der Waals surface area (Å²) in [6.45, 7) is 1.42. The first-order valence-corrected chi connectivity index (χ1v) is 5.96. The molecule has 5 heteroatoms. The Bertz CT molecular complexity index is 515. The maximum atomic E-state index is 12.1. The van der Waals surface area contributed by atoms with E-state index in [1.807, 2.05) is 0 Å². The quantitative estimate of drug-likeness (QED) is 0.614. The Morgan fingerprint density at radius 3 is 2.26 bits per heavy atom. The van der Waals surface area contributed by atoms with Crippen molar-refractivity contribution in [2.75, 3.05) is 13.2 Å². The summed E-state index contributed by atoms with van der Waals surface area (Å²) in [5, 5.41) is 18.0. The number of amides is 2. The Balaban J connectivity index is 2.19. The van der Waals surface area contributed by atoms with Crippen molar-refractivity contribution in [3.8, 4) is 0 Å². The second kappa shape index (κ2) is 5.34. The van der Waals surface area contributed by atoms with Crippen LogP contribution in [0.15, 0.2) is 35.9 Å². The van der Waals surface area contributed by atoms with Crippen molar-refractivity contribution in [3.63, 3.8) is 0 Å². The van der Waals surface area contributed by atoms with Crippen LogP contribution in [0.2, 0.25) is 0 Å². The SMILES string of the molecule is C/C(=C\C(O)CO)CN1C(=O)c2ccccc2C1=O. The van der Waals surface area contributed by atoms with E-state index in [0.29, 0.717) is 16.7 Å². The molecule has 1 aliphatic heterocycles. The predicted molar refractivity (Wildman–Crippen MR) is 68.7 cm³/mol. The van der Waals surface area contributed by atoms with Gasteiger partial charge in [0.2, 0.25) is 0 Å². The van der Waals surface area contributed by atoms with E-state index < -0.39 is 6.10 Å². The number of hydrogen-bond donors (Lipinski definition) is 2. The second-order valence-corrected chi connectivity index (χ2v) is 4.50. The molecule has 19 heavy (non-hydrogen) atoms. The zero-order valence-electron chi connectivity index (χ0n) is 10.5. The lowest BCUT2D eigenvalue weighted by Crippen LogP contribution is -2.31. The molecular formula is C14H15NO4. The van der Waals surface area contributed by atoms with Gasteiger partial charge in [-0.1, -0.05) is 23.8 Å². The summed E-state index contributed by atoms with van der Waals surface area (Å²) in [4.78, 5) is 25.3. The number of aliphatic hydroxyl groups excluding tert-OH is 2. The highest BCUT2D eigenvalue weighted by atomic mass is 16.3. The highest BCUT2D eigenvalue weighted by Gasteiger charge is 2.34. The molecule has 0 spiro atoms. The first kappa shape index (κ1) is 13.5. The molecule has 1 unspecified atom stereocenters. The summed E-state index contributed by atoms with van der Waals surface area (Å²) in [5.41, 5.74) is 1.46. The van der Waals surface area contributed by atoms with Crippen LogP contribution in [0.3, 0.4) is 0 Å². The van der Waals surface area contributed by atoms with Gasteiger partial charge in [0.1, 0.15) is 0 Å². The number of benzene rings is 1. The van der Waals surface area contributed by atoms with E-state index >= 15 is 0 Å². The maximum absolute atomic E-state index is 12.1. The molecule has 0 saturated heterocycles. The Labute approximate surface area is 110 Å². The number of nitrogens with zero attached hydrogens (tertiary/aromatic N) is 1. The standard InChI is InChI=1S/C14H15NO4/c1-9(6-10(17)8-16)7-15-13(18)11-4-2-3-5-12(11)14(15)19/h2-6,10,16-17H,7-8H2,1H3/b9-6+. The normalized spacial score (nSPS) is 16.8. The molecule has 2 N–H and O–H groups in total. The minimum Gasteiger partial charge on any atom is -0.393 e. The van der Waals surface area contributed by atoms with Gasteiger partial charge in [0, 0.05) is 0 Å². The third kappa shape index (κ3) is 2.57. The lowest BCUT2D eigenvalue weighted by molar-refractivity contribution is 0.0666. The van der Waals surface area contributed by atoms with Gasteiger partial charge in [0.05, 0.1) is 30.4 Å². The minimum atomic E-state index is -0.977. The molecular weight excluding hydrogens is 246 g/mol. The van der Waals surface area contributed by atoms with Gasteiger partial charge in [0.25, 0.3) is 11.8 Å². The predicted octanol–water partition coefficient (Wildman–Crippen LogP) is 0.582. The van der Waals surface area contributed by atoms with E-state index in [1.54, 1.807) is 31.2 Å². The molecule has 1 aromatic rings. The molecule has 1 atom stereocenters. The zero-order chi connectivity index (χ0) is 14.0. The highest BCUT2D eigenvalue weighted by molar-refractivity contribution is 6.21. The maximum Gasteiger partial charge on any atom is 0.261 e. The van der Waals surface area contributed by atoms with Gasteiger partial charge in [-0.05, 0) is 19.1 Å². The van der Waals surface area contributed by atoms with Crippen molar-refractivity contribution in [1.82, 2.24) is 4.90 Å². The van der Waals surface area contributed by atoms with Gasteiger partial charge >= 0.3 is 0 Å². The van der Waals surface area contributed by atoms with Gasteiger partial charge in [-0.25, -0.2) is 0 Å². The van der Waals surface area contributed by atoms with Gasteiger partial charge < -0.3 is 10.2 Å². The van der Waals surface area contributed by atoms with Gasteiger partial charge in [-0.15, -0.1) is 0 Å².